The molecule has 0 spiro atoms. The molecule has 0 saturated carbocycles. The molecule has 244 valence electrons. The monoisotopic (exact) mass is 635 g/mol. The van der Waals surface area contributed by atoms with E-state index in [-0.39, 0.29) is 49.1 Å². The number of rotatable bonds is 14. The Hall–Kier alpha value is -4.30. The summed E-state index contributed by atoms with van der Waals surface area (Å²) in [6.07, 6.45) is -5.70. The van der Waals surface area contributed by atoms with Crippen molar-refractivity contribution in [2.75, 3.05) is 26.4 Å². The molecule has 3 atom stereocenters. The number of carbonyl (C=O) groups is 2. The van der Waals surface area contributed by atoms with Crippen molar-refractivity contribution in [2.45, 2.75) is 58.4 Å². The van der Waals surface area contributed by atoms with E-state index in [1.807, 2.05) is 13.8 Å². The molecule has 0 bridgehead atoms. The van der Waals surface area contributed by atoms with Gasteiger partial charge < -0.3 is 24.6 Å². The zero-order chi connectivity index (χ0) is 33.3. The van der Waals surface area contributed by atoms with Crippen molar-refractivity contribution in [1.29, 1.82) is 0 Å². The fourth-order valence-electron chi connectivity index (χ4n) is 4.84. The predicted molar refractivity (Wildman–Crippen MR) is 158 cm³/mol. The number of hydrogen-bond acceptors (Lipinski definition) is 10. The van der Waals surface area contributed by atoms with E-state index in [9.17, 15) is 38.0 Å². The number of ether oxygens (including phenoxy) is 3. The maximum atomic E-state index is 14.2. The average molecular weight is 636 g/mol. The Balaban J connectivity index is 1.90. The molecule has 2 N–H and O–H groups in total. The maximum absolute atomic E-state index is 14.2. The second-order valence-corrected chi connectivity index (χ2v) is 10.6. The van der Waals surface area contributed by atoms with Crippen LogP contribution in [0.25, 0.3) is 0 Å². The molecule has 11 nitrogen and oxygen atoms in total. The van der Waals surface area contributed by atoms with E-state index in [0.29, 0.717) is 17.9 Å². The third-order valence-corrected chi connectivity index (χ3v) is 6.88. The van der Waals surface area contributed by atoms with Crippen LogP contribution in [0.4, 0.5) is 18.9 Å². The van der Waals surface area contributed by atoms with Crippen LogP contribution in [0, 0.1) is 16.0 Å². The molecule has 2 aromatic carbocycles. The number of nitrogens with one attached hydrogen (secondary N) is 1. The second-order valence-electron chi connectivity index (χ2n) is 10.6. The number of nitro groups is 1. The van der Waals surface area contributed by atoms with E-state index in [1.54, 1.807) is 24.3 Å². The topological polar surface area (TPSA) is 150 Å². The highest BCUT2D eigenvalue weighted by molar-refractivity contribution is 6.10. The number of alkyl halides is 3. The summed E-state index contributed by atoms with van der Waals surface area (Å²) in [7, 11) is 0. The van der Waals surface area contributed by atoms with Gasteiger partial charge in [0.2, 0.25) is 0 Å². The summed E-state index contributed by atoms with van der Waals surface area (Å²) in [4.78, 5) is 40.9. The fraction of sp³-hybridized carbons (Fsp3) is 0.452. The molecule has 45 heavy (non-hydrogen) atoms. The minimum atomic E-state index is -5.07. The highest BCUT2D eigenvalue weighted by atomic mass is 19.4. The molecule has 1 aliphatic rings. The smallest absolute Gasteiger partial charge is 0.430 e. The van der Waals surface area contributed by atoms with E-state index < -0.39 is 52.4 Å². The van der Waals surface area contributed by atoms with Crippen LogP contribution in [-0.4, -0.2) is 72.4 Å². The van der Waals surface area contributed by atoms with Gasteiger partial charge in [-0.3, -0.25) is 19.9 Å². The van der Waals surface area contributed by atoms with E-state index in [0.717, 1.165) is 12.1 Å². The normalized spacial score (nSPS) is 17.5. The molecule has 0 aromatic heterocycles. The zero-order valence-corrected chi connectivity index (χ0v) is 25.3. The molecular formula is C31H36F3N3O8. The van der Waals surface area contributed by atoms with Crippen LogP contribution in [0.5, 0.6) is 5.75 Å². The van der Waals surface area contributed by atoms with Crippen LogP contribution in [0.1, 0.15) is 44.7 Å². The molecular weight excluding hydrogens is 599 g/mol. The van der Waals surface area contributed by atoms with Crippen molar-refractivity contribution in [3.8, 4) is 5.75 Å². The van der Waals surface area contributed by atoms with E-state index in [1.165, 1.54) is 26.0 Å². The molecule has 0 fully saturated rings. The lowest BCUT2D eigenvalue weighted by atomic mass is 9.75. The summed E-state index contributed by atoms with van der Waals surface area (Å²) >= 11 is 0. The molecule has 0 saturated heterocycles. The molecule has 3 rings (SSSR count). The van der Waals surface area contributed by atoms with Gasteiger partial charge in [0.1, 0.15) is 30.1 Å². The minimum absolute atomic E-state index is 0.00227. The van der Waals surface area contributed by atoms with Gasteiger partial charge in [-0.15, -0.1) is 0 Å². The first-order valence-electron chi connectivity index (χ1n) is 14.3. The molecule has 3 unspecified atom stereocenters. The highest BCUT2D eigenvalue weighted by Crippen LogP contribution is 2.44. The standard InChI is InChI=1S/C31H36F3N3O8/c1-5-43-30(40)27-26(21-10-8-11-22(15-21)37(41)42)25(19(4)36-28(27)31(32,33)34)29(39)44-14-13-20-9-6-7-12-24(20)45-17-23(38)16-35-18(2)3/h6-12,15,18,23,26-27,35,38H,5,13-14,16-17H2,1-4H3. The van der Waals surface area contributed by atoms with Gasteiger partial charge in [0.15, 0.2) is 0 Å². The number of halogens is 3. The van der Waals surface area contributed by atoms with Gasteiger partial charge in [0.05, 0.1) is 23.7 Å². The maximum Gasteiger partial charge on any atom is 0.430 e. The minimum Gasteiger partial charge on any atom is -0.491 e. The number of esters is 2. The van der Waals surface area contributed by atoms with Crippen LogP contribution in [-0.2, 0) is 25.5 Å². The number of aliphatic hydroxyl groups is 1. The Kier molecular flexibility index (Phi) is 12.2. The van der Waals surface area contributed by atoms with Crippen molar-refractivity contribution in [3.05, 3.63) is 81.0 Å². The van der Waals surface area contributed by atoms with Crippen LogP contribution >= 0.6 is 0 Å². The van der Waals surface area contributed by atoms with Crippen LogP contribution in [0.3, 0.4) is 0 Å². The number of aliphatic imine (C=N–C) groups is 1. The number of carbonyl (C=O) groups excluding carboxylic acids is 2. The van der Waals surface area contributed by atoms with Gasteiger partial charge in [-0.2, -0.15) is 13.2 Å². The van der Waals surface area contributed by atoms with Crippen molar-refractivity contribution < 1.29 is 47.0 Å². The Bertz CT molecular complexity index is 1440. The first-order chi connectivity index (χ1) is 21.2. The Morgan fingerprint density at radius 1 is 1.13 bits per heavy atom. The number of aliphatic hydroxyl groups excluding tert-OH is 1. The van der Waals surface area contributed by atoms with Gasteiger partial charge in [-0.05, 0) is 31.0 Å². The summed E-state index contributed by atoms with van der Waals surface area (Å²) in [6, 6.07) is 11.8. The lowest BCUT2D eigenvalue weighted by Crippen LogP contribution is -2.44. The quantitative estimate of drug-likeness (QED) is 0.172. The lowest BCUT2D eigenvalue weighted by Gasteiger charge is -2.33. The van der Waals surface area contributed by atoms with E-state index in [2.05, 4.69) is 10.3 Å². The van der Waals surface area contributed by atoms with Crippen molar-refractivity contribution in [2.24, 2.45) is 10.9 Å². The molecule has 0 aliphatic carbocycles. The zero-order valence-electron chi connectivity index (χ0n) is 25.3. The summed E-state index contributed by atoms with van der Waals surface area (Å²) < 4.78 is 58.8. The number of allylic oxidation sites excluding steroid dienone is 1. The van der Waals surface area contributed by atoms with Gasteiger partial charge in [-0.25, -0.2) is 4.79 Å². The number of nitrogens with zero attached hydrogens (tertiary/aromatic N) is 2. The number of para-hydroxylation sites is 1. The number of benzene rings is 2. The van der Waals surface area contributed by atoms with Crippen molar-refractivity contribution in [1.82, 2.24) is 5.32 Å². The van der Waals surface area contributed by atoms with Gasteiger partial charge in [-0.1, -0.05) is 44.2 Å². The largest absolute Gasteiger partial charge is 0.491 e. The van der Waals surface area contributed by atoms with Gasteiger partial charge >= 0.3 is 18.1 Å². The number of nitro benzene ring substituents is 1. The van der Waals surface area contributed by atoms with Gasteiger partial charge in [0, 0.05) is 42.8 Å². The van der Waals surface area contributed by atoms with Crippen molar-refractivity contribution >= 4 is 23.3 Å². The Morgan fingerprint density at radius 3 is 2.49 bits per heavy atom. The third-order valence-electron chi connectivity index (χ3n) is 6.88. The molecule has 0 amide bonds. The predicted octanol–water partition coefficient (Wildman–Crippen LogP) is 4.67. The first kappa shape index (κ1) is 35.2. The summed E-state index contributed by atoms with van der Waals surface area (Å²) in [5.41, 5.74) is -2.08. The molecule has 2 aromatic rings. The number of hydrogen-bond donors (Lipinski definition) is 2. The van der Waals surface area contributed by atoms with Crippen LogP contribution < -0.4 is 10.1 Å². The fourth-order valence-corrected chi connectivity index (χ4v) is 4.84. The summed E-state index contributed by atoms with van der Waals surface area (Å²) in [6.45, 7) is 6.32. The lowest BCUT2D eigenvalue weighted by molar-refractivity contribution is -0.384. The van der Waals surface area contributed by atoms with Crippen LogP contribution in [0.15, 0.2) is 64.8 Å². The van der Waals surface area contributed by atoms with Crippen LogP contribution in [0.2, 0.25) is 0 Å². The SMILES string of the molecule is CCOC(=O)C1C(C(F)(F)F)=NC(C)=C(C(=O)OCCc2ccccc2OCC(O)CNC(C)C)C1c1cccc([N+](=O)[O-])c1. The third kappa shape index (κ3) is 9.35. The van der Waals surface area contributed by atoms with E-state index >= 15 is 0 Å². The first-order valence-corrected chi connectivity index (χ1v) is 14.3. The second kappa shape index (κ2) is 15.6. The number of non-ortho nitro benzene ring substituents is 1. The summed E-state index contributed by atoms with van der Waals surface area (Å²) in [5, 5.41) is 24.8. The highest BCUT2D eigenvalue weighted by Gasteiger charge is 2.53. The van der Waals surface area contributed by atoms with Gasteiger partial charge in [0.25, 0.3) is 5.69 Å². The molecule has 0 radical (unpaired) electrons. The molecule has 1 aliphatic heterocycles. The Morgan fingerprint density at radius 2 is 1.84 bits per heavy atom. The summed E-state index contributed by atoms with van der Waals surface area (Å²) in [5.74, 6) is -5.65. The Labute approximate surface area is 258 Å². The van der Waals surface area contributed by atoms with E-state index in [4.69, 9.17) is 14.2 Å². The average Bonchev–Trinajstić information content (AvgIpc) is 2.98. The molecule has 1 heterocycles. The van der Waals surface area contributed by atoms with Crippen molar-refractivity contribution in [3.63, 3.8) is 0 Å². The molecule has 14 heteroatoms.